The summed E-state index contributed by atoms with van der Waals surface area (Å²) in [6.45, 7) is 0.0667. The summed E-state index contributed by atoms with van der Waals surface area (Å²) in [5.41, 5.74) is 1.24. The number of thiocarbonyl (C=S) groups is 1. The molecule has 1 saturated heterocycles. The van der Waals surface area contributed by atoms with E-state index in [1.807, 2.05) is 6.07 Å². The Bertz CT molecular complexity index is 1080. The van der Waals surface area contributed by atoms with Crippen LogP contribution in [0.15, 0.2) is 44.2 Å². The third kappa shape index (κ3) is 4.81. The third-order valence-corrected chi connectivity index (χ3v) is 6.80. The molecule has 0 N–H and O–H groups in total. The standard InChI is InChI=1S/C20H12Br2ClNO3S2/c1-3-6-27-18-11(7-12(21)9-16(18)26-2)8-17-19(25)24(20(28)29-17)13-4-5-14(22)15(23)10-13/h1,4-5,7-10H,6H2,2H3/b17-8+. The molecule has 0 atom stereocenters. The highest BCUT2D eigenvalue weighted by Crippen LogP contribution is 2.41. The maximum Gasteiger partial charge on any atom is 0.270 e. The van der Waals surface area contributed by atoms with Gasteiger partial charge in [-0.25, -0.2) is 0 Å². The van der Waals surface area contributed by atoms with Crippen molar-refractivity contribution in [3.63, 3.8) is 0 Å². The number of methoxy groups -OCH3 is 1. The van der Waals surface area contributed by atoms with Crippen LogP contribution in [0.1, 0.15) is 5.56 Å². The van der Waals surface area contributed by atoms with Crippen LogP contribution in [-0.4, -0.2) is 23.9 Å². The van der Waals surface area contributed by atoms with Crippen molar-refractivity contribution in [2.24, 2.45) is 0 Å². The van der Waals surface area contributed by atoms with E-state index in [1.54, 1.807) is 30.3 Å². The highest BCUT2D eigenvalue weighted by Gasteiger charge is 2.34. The summed E-state index contributed by atoms with van der Waals surface area (Å²) in [5.74, 6) is 3.13. The van der Waals surface area contributed by atoms with Crippen LogP contribution < -0.4 is 14.4 Å². The topological polar surface area (TPSA) is 38.8 Å². The van der Waals surface area contributed by atoms with Crippen LogP contribution in [0.2, 0.25) is 5.02 Å². The van der Waals surface area contributed by atoms with Gasteiger partial charge in [0.05, 0.1) is 22.7 Å². The molecular formula is C20H12Br2ClNO3S2. The molecule has 1 aliphatic heterocycles. The summed E-state index contributed by atoms with van der Waals surface area (Å²) in [7, 11) is 1.53. The summed E-state index contributed by atoms with van der Waals surface area (Å²) >= 11 is 19.6. The number of carbonyl (C=O) groups excluding carboxylic acids is 1. The molecule has 1 heterocycles. The molecule has 0 aromatic heterocycles. The first-order valence-corrected chi connectivity index (χ1v) is 11.2. The Morgan fingerprint density at radius 2 is 2.10 bits per heavy atom. The first-order chi connectivity index (χ1) is 13.8. The van der Waals surface area contributed by atoms with Gasteiger partial charge in [0.15, 0.2) is 15.8 Å². The van der Waals surface area contributed by atoms with E-state index in [9.17, 15) is 4.79 Å². The number of ether oxygens (including phenoxy) is 2. The Morgan fingerprint density at radius 3 is 2.76 bits per heavy atom. The number of amides is 1. The molecule has 1 aliphatic rings. The minimum absolute atomic E-state index is 0.0667. The molecule has 29 heavy (non-hydrogen) atoms. The molecule has 1 fully saturated rings. The number of rotatable bonds is 5. The molecule has 2 aromatic rings. The van der Waals surface area contributed by atoms with E-state index in [-0.39, 0.29) is 12.5 Å². The first-order valence-electron chi connectivity index (χ1n) is 8.02. The third-order valence-electron chi connectivity index (χ3n) is 3.81. The minimum atomic E-state index is -0.250. The van der Waals surface area contributed by atoms with Crippen molar-refractivity contribution in [3.8, 4) is 23.8 Å². The number of nitrogens with zero attached hydrogens (tertiary/aromatic N) is 1. The number of hydrogen-bond acceptors (Lipinski definition) is 5. The Kier molecular flexibility index (Phi) is 7.30. The molecule has 4 nitrogen and oxygen atoms in total. The van der Waals surface area contributed by atoms with Crippen LogP contribution >= 0.6 is 67.4 Å². The first kappa shape index (κ1) is 22.2. The maximum atomic E-state index is 13.1. The van der Waals surface area contributed by atoms with Gasteiger partial charge in [-0.3, -0.25) is 9.69 Å². The Hall–Kier alpha value is -1.50. The van der Waals surface area contributed by atoms with E-state index in [4.69, 9.17) is 39.7 Å². The van der Waals surface area contributed by atoms with Gasteiger partial charge >= 0.3 is 0 Å². The zero-order chi connectivity index (χ0) is 21.1. The lowest BCUT2D eigenvalue weighted by Gasteiger charge is -2.15. The van der Waals surface area contributed by atoms with E-state index in [0.29, 0.717) is 37.0 Å². The maximum absolute atomic E-state index is 13.1. The number of halogens is 3. The minimum Gasteiger partial charge on any atom is -0.493 e. The van der Waals surface area contributed by atoms with E-state index >= 15 is 0 Å². The van der Waals surface area contributed by atoms with Crippen molar-refractivity contribution in [2.75, 3.05) is 18.6 Å². The van der Waals surface area contributed by atoms with E-state index in [1.165, 1.54) is 23.8 Å². The molecule has 0 spiro atoms. The Balaban J connectivity index is 2.02. The second-order valence-corrected chi connectivity index (χ2v) is 9.49. The lowest BCUT2D eigenvalue weighted by molar-refractivity contribution is -0.113. The van der Waals surface area contributed by atoms with Gasteiger partial charge in [-0.2, -0.15) is 0 Å². The summed E-state index contributed by atoms with van der Waals surface area (Å²) in [5, 5.41) is 0.488. The number of benzene rings is 2. The summed E-state index contributed by atoms with van der Waals surface area (Å²) in [4.78, 5) is 15.0. The molecule has 3 rings (SSSR count). The zero-order valence-electron chi connectivity index (χ0n) is 14.9. The quantitative estimate of drug-likeness (QED) is 0.239. The monoisotopic (exact) mass is 571 g/mol. The Labute approximate surface area is 199 Å². The largest absolute Gasteiger partial charge is 0.493 e. The molecular weight excluding hydrogens is 562 g/mol. The van der Waals surface area contributed by atoms with Crippen molar-refractivity contribution in [1.82, 2.24) is 0 Å². The number of anilines is 1. The normalized spacial score (nSPS) is 15.0. The number of hydrogen-bond donors (Lipinski definition) is 0. The molecule has 0 bridgehead atoms. The van der Waals surface area contributed by atoms with Crippen molar-refractivity contribution < 1.29 is 14.3 Å². The van der Waals surface area contributed by atoms with Crippen LogP contribution in [0.4, 0.5) is 5.69 Å². The van der Waals surface area contributed by atoms with E-state index < -0.39 is 0 Å². The molecule has 0 saturated carbocycles. The summed E-state index contributed by atoms with van der Waals surface area (Å²) < 4.78 is 13.0. The van der Waals surface area contributed by atoms with Crippen molar-refractivity contribution in [3.05, 3.63) is 54.8 Å². The molecule has 1 amide bonds. The highest BCUT2D eigenvalue weighted by molar-refractivity contribution is 9.10. The van der Waals surface area contributed by atoms with E-state index in [2.05, 4.69) is 37.8 Å². The summed E-state index contributed by atoms with van der Waals surface area (Å²) in [6, 6.07) is 8.80. The molecule has 2 aromatic carbocycles. The smallest absolute Gasteiger partial charge is 0.270 e. The van der Waals surface area contributed by atoms with Crippen molar-refractivity contribution >= 4 is 89.4 Å². The number of terminal acetylenes is 1. The van der Waals surface area contributed by atoms with Crippen molar-refractivity contribution in [1.29, 1.82) is 0 Å². The molecule has 0 aliphatic carbocycles. The van der Waals surface area contributed by atoms with Gasteiger partial charge in [0, 0.05) is 14.5 Å². The van der Waals surface area contributed by atoms with Crippen molar-refractivity contribution in [2.45, 2.75) is 0 Å². The van der Waals surface area contributed by atoms with Crippen LogP contribution in [-0.2, 0) is 4.79 Å². The highest BCUT2D eigenvalue weighted by atomic mass is 79.9. The fraction of sp³-hybridized carbons (Fsp3) is 0.100. The average molecular weight is 574 g/mol. The second kappa shape index (κ2) is 9.54. The summed E-state index contributed by atoms with van der Waals surface area (Å²) in [6.07, 6.45) is 7.03. The average Bonchev–Trinajstić information content (AvgIpc) is 2.96. The fourth-order valence-corrected chi connectivity index (χ4v) is 4.74. The van der Waals surface area contributed by atoms with Gasteiger partial charge in [-0.1, -0.05) is 57.4 Å². The van der Waals surface area contributed by atoms with Crippen LogP contribution in [0, 0.1) is 12.3 Å². The second-order valence-electron chi connectivity index (χ2n) is 5.63. The van der Waals surface area contributed by atoms with E-state index in [0.717, 1.165) is 8.95 Å². The molecule has 0 unspecified atom stereocenters. The number of thioether (sulfide) groups is 1. The number of carbonyl (C=O) groups is 1. The predicted octanol–water partition coefficient (Wildman–Crippen LogP) is 6.29. The predicted molar refractivity (Wildman–Crippen MR) is 130 cm³/mol. The van der Waals surface area contributed by atoms with Crippen LogP contribution in [0.5, 0.6) is 11.5 Å². The van der Waals surface area contributed by atoms with Gasteiger partial charge < -0.3 is 9.47 Å². The molecule has 0 radical (unpaired) electrons. The van der Waals surface area contributed by atoms with Gasteiger partial charge in [0.25, 0.3) is 5.91 Å². The van der Waals surface area contributed by atoms with Crippen LogP contribution in [0.3, 0.4) is 0 Å². The Morgan fingerprint density at radius 1 is 1.34 bits per heavy atom. The van der Waals surface area contributed by atoms with Gasteiger partial charge in [-0.15, -0.1) is 6.42 Å². The van der Waals surface area contributed by atoms with Gasteiger partial charge in [0.1, 0.15) is 6.61 Å². The lowest BCUT2D eigenvalue weighted by Crippen LogP contribution is -2.27. The zero-order valence-corrected chi connectivity index (χ0v) is 20.4. The molecule has 9 heteroatoms. The SMILES string of the molecule is C#CCOc1c(/C=C2/SC(=S)N(c3ccc(Br)c(Cl)c3)C2=O)cc(Br)cc1OC. The van der Waals surface area contributed by atoms with Gasteiger partial charge in [0.2, 0.25) is 0 Å². The molecule has 148 valence electrons. The van der Waals surface area contributed by atoms with Gasteiger partial charge in [-0.05, 0) is 52.3 Å². The fourth-order valence-electron chi connectivity index (χ4n) is 2.57. The lowest BCUT2D eigenvalue weighted by atomic mass is 10.1. The van der Waals surface area contributed by atoms with Crippen LogP contribution in [0.25, 0.3) is 6.08 Å².